The molecule has 0 radical (unpaired) electrons. The van der Waals surface area contributed by atoms with Gasteiger partial charge in [-0.25, -0.2) is 4.68 Å². The Morgan fingerprint density at radius 3 is 2.54 bits per heavy atom. The lowest BCUT2D eigenvalue weighted by Gasteiger charge is -2.08. The number of hydrogen-bond acceptors (Lipinski definition) is 3. The molecule has 0 unspecified atom stereocenters. The Hall–Kier alpha value is -3.27. The smallest absolute Gasteiger partial charge is 0.267 e. The van der Waals surface area contributed by atoms with Crippen LogP contribution in [0.4, 0.5) is 0 Å². The molecule has 4 nitrogen and oxygen atoms in total. The number of fused-ring (bicyclic) bond motifs is 1. The number of nitrogens with zero attached hydrogens (tertiary/aromatic N) is 3. The standard InChI is InChI=1S/C20H15N3O/c24-20-11-10-19(16-6-2-1-3-7-16)22-23(20)14-15-12-17-8-4-5-9-18(17)21-13-15/h1-13H,14H2. The third-order valence-electron chi connectivity index (χ3n) is 3.92. The van der Waals surface area contributed by atoms with Crippen LogP contribution in [0, 0.1) is 0 Å². The van der Waals surface area contributed by atoms with E-state index in [-0.39, 0.29) is 5.56 Å². The van der Waals surface area contributed by atoms with E-state index >= 15 is 0 Å². The maximum absolute atomic E-state index is 12.2. The number of aromatic nitrogens is 3. The van der Waals surface area contributed by atoms with Gasteiger partial charge in [-0.15, -0.1) is 0 Å². The highest BCUT2D eigenvalue weighted by Crippen LogP contribution is 2.15. The van der Waals surface area contributed by atoms with E-state index in [0.717, 1.165) is 27.7 Å². The van der Waals surface area contributed by atoms with Crippen molar-refractivity contribution in [2.45, 2.75) is 6.54 Å². The lowest BCUT2D eigenvalue weighted by molar-refractivity contribution is 0.642. The average molecular weight is 313 g/mol. The summed E-state index contributed by atoms with van der Waals surface area (Å²) < 4.78 is 1.48. The molecule has 0 fully saturated rings. The number of rotatable bonds is 3. The maximum Gasteiger partial charge on any atom is 0.267 e. The molecule has 0 saturated carbocycles. The second-order valence-corrected chi connectivity index (χ2v) is 5.62. The van der Waals surface area contributed by atoms with Gasteiger partial charge in [0.15, 0.2) is 0 Å². The third kappa shape index (κ3) is 2.82. The van der Waals surface area contributed by atoms with Gasteiger partial charge < -0.3 is 0 Å². The number of para-hydroxylation sites is 1. The monoisotopic (exact) mass is 313 g/mol. The van der Waals surface area contributed by atoms with Crippen LogP contribution in [0.15, 0.2) is 83.8 Å². The zero-order valence-corrected chi connectivity index (χ0v) is 13.0. The van der Waals surface area contributed by atoms with Gasteiger partial charge in [-0.3, -0.25) is 9.78 Å². The highest BCUT2D eigenvalue weighted by molar-refractivity contribution is 5.78. The van der Waals surface area contributed by atoms with Crippen molar-refractivity contribution in [1.29, 1.82) is 0 Å². The van der Waals surface area contributed by atoms with Crippen LogP contribution in [0.25, 0.3) is 22.2 Å². The van der Waals surface area contributed by atoms with Crippen LogP contribution in [-0.4, -0.2) is 14.8 Å². The summed E-state index contributed by atoms with van der Waals surface area (Å²) in [5.74, 6) is 0. The molecule has 0 aliphatic rings. The second kappa shape index (κ2) is 6.08. The van der Waals surface area contributed by atoms with Crippen molar-refractivity contribution in [2.75, 3.05) is 0 Å². The molecule has 24 heavy (non-hydrogen) atoms. The predicted molar refractivity (Wildman–Crippen MR) is 94.8 cm³/mol. The number of pyridine rings is 1. The van der Waals surface area contributed by atoms with Gasteiger partial charge in [-0.05, 0) is 23.8 Å². The molecule has 0 amide bonds. The zero-order chi connectivity index (χ0) is 16.4. The van der Waals surface area contributed by atoms with Crippen molar-refractivity contribution >= 4 is 10.9 Å². The van der Waals surface area contributed by atoms with Gasteiger partial charge in [0.1, 0.15) is 0 Å². The van der Waals surface area contributed by atoms with Gasteiger partial charge in [-0.2, -0.15) is 5.10 Å². The van der Waals surface area contributed by atoms with E-state index < -0.39 is 0 Å². The Morgan fingerprint density at radius 1 is 0.875 bits per heavy atom. The first-order valence-electron chi connectivity index (χ1n) is 7.77. The summed E-state index contributed by atoms with van der Waals surface area (Å²) in [5, 5.41) is 5.55. The molecule has 0 saturated heterocycles. The third-order valence-corrected chi connectivity index (χ3v) is 3.92. The molecule has 0 bridgehead atoms. The summed E-state index contributed by atoms with van der Waals surface area (Å²) in [5.41, 5.74) is 3.54. The first-order chi connectivity index (χ1) is 11.8. The summed E-state index contributed by atoms with van der Waals surface area (Å²) in [7, 11) is 0. The van der Waals surface area contributed by atoms with Crippen LogP contribution in [0.2, 0.25) is 0 Å². The summed E-state index contributed by atoms with van der Waals surface area (Å²) in [6.07, 6.45) is 1.80. The van der Waals surface area contributed by atoms with E-state index in [1.54, 1.807) is 18.3 Å². The number of benzene rings is 2. The normalized spacial score (nSPS) is 10.8. The molecular formula is C20H15N3O. The molecule has 0 aliphatic heterocycles. The first kappa shape index (κ1) is 14.3. The lowest BCUT2D eigenvalue weighted by Crippen LogP contribution is -2.22. The Bertz CT molecular complexity index is 1050. The molecule has 4 heteroatoms. The summed E-state index contributed by atoms with van der Waals surface area (Å²) in [6, 6.07) is 23.1. The van der Waals surface area contributed by atoms with E-state index in [9.17, 15) is 4.79 Å². The topological polar surface area (TPSA) is 47.8 Å². The van der Waals surface area contributed by atoms with Gasteiger partial charge >= 0.3 is 0 Å². The fourth-order valence-corrected chi connectivity index (χ4v) is 2.70. The number of hydrogen-bond donors (Lipinski definition) is 0. The van der Waals surface area contributed by atoms with Gasteiger partial charge in [0.05, 0.1) is 17.8 Å². The molecule has 4 rings (SSSR count). The Labute approximate surface area is 139 Å². The second-order valence-electron chi connectivity index (χ2n) is 5.62. The quantitative estimate of drug-likeness (QED) is 0.581. The van der Waals surface area contributed by atoms with Crippen LogP contribution >= 0.6 is 0 Å². The SMILES string of the molecule is O=c1ccc(-c2ccccc2)nn1Cc1cnc2ccccc2c1. The van der Waals surface area contributed by atoms with Gasteiger partial charge in [0.25, 0.3) is 5.56 Å². The van der Waals surface area contributed by atoms with E-state index in [1.807, 2.05) is 60.7 Å². The van der Waals surface area contributed by atoms with E-state index in [0.29, 0.717) is 6.54 Å². The molecule has 0 atom stereocenters. The highest BCUT2D eigenvalue weighted by Gasteiger charge is 2.05. The Balaban J connectivity index is 1.71. The molecule has 0 N–H and O–H groups in total. The van der Waals surface area contributed by atoms with Gasteiger partial charge in [-0.1, -0.05) is 48.5 Å². The molecule has 2 aromatic carbocycles. The van der Waals surface area contributed by atoms with Crippen LogP contribution in [-0.2, 0) is 6.54 Å². The maximum atomic E-state index is 12.2. The van der Waals surface area contributed by atoms with Crippen molar-refractivity contribution in [3.63, 3.8) is 0 Å². The summed E-state index contributed by atoms with van der Waals surface area (Å²) >= 11 is 0. The first-order valence-corrected chi connectivity index (χ1v) is 7.77. The van der Waals surface area contributed by atoms with Crippen molar-refractivity contribution in [1.82, 2.24) is 14.8 Å². The van der Waals surface area contributed by atoms with E-state index in [4.69, 9.17) is 0 Å². The molecule has 116 valence electrons. The van der Waals surface area contributed by atoms with Gasteiger partial charge in [0.2, 0.25) is 0 Å². The fraction of sp³-hybridized carbons (Fsp3) is 0.0500. The Morgan fingerprint density at radius 2 is 1.67 bits per heavy atom. The molecule has 0 aliphatic carbocycles. The highest BCUT2D eigenvalue weighted by atomic mass is 16.1. The zero-order valence-electron chi connectivity index (χ0n) is 13.0. The molecule has 2 aromatic heterocycles. The lowest BCUT2D eigenvalue weighted by atomic mass is 10.1. The minimum Gasteiger partial charge on any atom is -0.268 e. The molecule has 0 spiro atoms. The predicted octanol–water partition coefficient (Wildman–Crippen LogP) is 3.51. The average Bonchev–Trinajstić information content (AvgIpc) is 2.64. The largest absolute Gasteiger partial charge is 0.268 e. The van der Waals surface area contributed by atoms with Crippen molar-refractivity contribution in [3.05, 3.63) is 94.9 Å². The van der Waals surface area contributed by atoms with Crippen molar-refractivity contribution in [2.24, 2.45) is 0 Å². The summed E-state index contributed by atoms with van der Waals surface area (Å²) in [6.45, 7) is 0.400. The van der Waals surface area contributed by atoms with E-state index in [2.05, 4.69) is 10.1 Å². The van der Waals surface area contributed by atoms with Crippen LogP contribution in [0.1, 0.15) is 5.56 Å². The summed E-state index contributed by atoms with van der Waals surface area (Å²) in [4.78, 5) is 16.6. The Kier molecular flexibility index (Phi) is 3.63. The molecule has 4 aromatic rings. The fourth-order valence-electron chi connectivity index (χ4n) is 2.70. The van der Waals surface area contributed by atoms with Crippen LogP contribution in [0.3, 0.4) is 0 Å². The van der Waals surface area contributed by atoms with Crippen LogP contribution < -0.4 is 5.56 Å². The minimum atomic E-state index is -0.122. The van der Waals surface area contributed by atoms with Crippen molar-refractivity contribution < 1.29 is 0 Å². The van der Waals surface area contributed by atoms with Gasteiger partial charge in [0, 0.05) is 23.2 Å². The van der Waals surface area contributed by atoms with Crippen LogP contribution in [0.5, 0.6) is 0 Å². The van der Waals surface area contributed by atoms with Crippen molar-refractivity contribution in [3.8, 4) is 11.3 Å². The molecule has 2 heterocycles. The van der Waals surface area contributed by atoms with E-state index in [1.165, 1.54) is 4.68 Å². The minimum absolute atomic E-state index is 0.122. The molecular weight excluding hydrogens is 298 g/mol.